The van der Waals surface area contributed by atoms with E-state index in [0.717, 1.165) is 21.8 Å². The lowest BCUT2D eigenvalue weighted by molar-refractivity contribution is 0.568. The highest BCUT2D eigenvalue weighted by atomic mass is 32.1. The van der Waals surface area contributed by atoms with Crippen LogP contribution in [-0.4, -0.2) is 5.71 Å². The number of thiophene rings is 1. The van der Waals surface area contributed by atoms with Crippen molar-refractivity contribution in [3.05, 3.63) is 112 Å². The molecule has 230 valence electrons. The largest absolute Gasteiger partial charge is 0.278 e. The van der Waals surface area contributed by atoms with Crippen molar-refractivity contribution in [3.63, 3.8) is 0 Å². The summed E-state index contributed by atoms with van der Waals surface area (Å²) in [4.78, 5) is 1.16. The molecule has 3 heteroatoms. The van der Waals surface area contributed by atoms with Gasteiger partial charge in [-0.05, 0) is 64.6 Å². The van der Waals surface area contributed by atoms with Gasteiger partial charge in [-0.2, -0.15) is 5.10 Å². The minimum atomic E-state index is 0.0704. The lowest BCUT2D eigenvalue weighted by Gasteiger charge is -2.26. The number of hydrogen-bond acceptors (Lipinski definition) is 3. The van der Waals surface area contributed by atoms with Crippen molar-refractivity contribution in [3.8, 4) is 0 Å². The van der Waals surface area contributed by atoms with Gasteiger partial charge in [0, 0.05) is 5.56 Å². The third-order valence-corrected chi connectivity index (χ3v) is 6.08. The maximum Gasteiger partial charge on any atom is 0.108 e. The molecule has 41 heavy (non-hydrogen) atoms. The highest BCUT2D eigenvalue weighted by Gasteiger charge is 2.22. The van der Waals surface area contributed by atoms with Crippen LogP contribution in [0.5, 0.6) is 0 Å². The van der Waals surface area contributed by atoms with Crippen molar-refractivity contribution < 1.29 is 0 Å². The number of hydrogen-bond donors (Lipinski definition) is 1. The first-order valence-corrected chi connectivity index (χ1v) is 16.2. The normalized spacial score (nSPS) is 10.2. The molecule has 3 rings (SSSR count). The van der Waals surface area contributed by atoms with Gasteiger partial charge in [0.05, 0.1) is 10.6 Å². The Kier molecular flexibility index (Phi) is 24.7. The Labute approximate surface area is 259 Å². The molecule has 3 aromatic rings. The first-order chi connectivity index (χ1) is 19.5. The third-order valence-electron chi connectivity index (χ3n) is 5.21. The summed E-state index contributed by atoms with van der Waals surface area (Å²) in [5.41, 5.74) is 10.5. The SMILES string of the molecule is C=CC=C.CC.CC.CC.CC.Cc1ccc(N/N=C(/c2cc(C(C)(C)C)cc(C(C)(C)C)c2)c2cccs2)cc1. The standard InChI is InChI=1S/C26H32N2S.C4H6.4C2H6/c1-18-10-12-22(13-11-18)27-28-24(23-9-8-14-29-23)19-15-20(25(2,3)4)17-21(16-19)26(5,6)7;1-3-4-2;4*1-2/h8-17,27H,1-7H3;3-4H,1-2H2;4*1-2H3/b28-24-;;;;;. The first kappa shape index (κ1) is 42.6. The van der Waals surface area contributed by atoms with E-state index in [2.05, 4.69) is 127 Å². The lowest BCUT2D eigenvalue weighted by atomic mass is 9.79. The van der Waals surface area contributed by atoms with E-state index in [9.17, 15) is 0 Å². The summed E-state index contributed by atoms with van der Waals surface area (Å²) < 4.78 is 0. The second-order valence-corrected chi connectivity index (χ2v) is 11.1. The van der Waals surface area contributed by atoms with Crippen molar-refractivity contribution in [2.45, 2.75) is 115 Å². The summed E-state index contributed by atoms with van der Waals surface area (Å²) in [6.07, 6.45) is 3.28. The van der Waals surface area contributed by atoms with Crippen molar-refractivity contribution in [2.24, 2.45) is 5.10 Å². The number of benzene rings is 2. The molecule has 1 N–H and O–H groups in total. The van der Waals surface area contributed by atoms with Gasteiger partial charge in [0.25, 0.3) is 0 Å². The Morgan fingerprint density at radius 3 is 1.49 bits per heavy atom. The van der Waals surface area contributed by atoms with Crippen LogP contribution in [0.25, 0.3) is 0 Å². The topological polar surface area (TPSA) is 24.4 Å². The van der Waals surface area contributed by atoms with Gasteiger partial charge >= 0.3 is 0 Å². The zero-order valence-corrected chi connectivity index (χ0v) is 30.0. The van der Waals surface area contributed by atoms with Gasteiger partial charge in [0.15, 0.2) is 0 Å². The van der Waals surface area contributed by atoms with Gasteiger partial charge in [-0.15, -0.1) is 11.3 Å². The fourth-order valence-electron chi connectivity index (χ4n) is 3.05. The molecule has 0 saturated carbocycles. The molecule has 1 aromatic heterocycles. The minimum Gasteiger partial charge on any atom is -0.278 e. The van der Waals surface area contributed by atoms with Gasteiger partial charge in [-0.25, -0.2) is 0 Å². The van der Waals surface area contributed by atoms with E-state index in [1.54, 1.807) is 23.5 Å². The van der Waals surface area contributed by atoms with Gasteiger partial charge in [-0.1, -0.05) is 152 Å². The molecule has 0 aliphatic rings. The minimum absolute atomic E-state index is 0.0704. The average Bonchev–Trinajstić information content (AvgIpc) is 3.52. The summed E-state index contributed by atoms with van der Waals surface area (Å²) in [6, 6.07) is 19.5. The smallest absolute Gasteiger partial charge is 0.108 e. The van der Waals surface area contributed by atoms with Crippen molar-refractivity contribution in [1.29, 1.82) is 0 Å². The molecule has 0 atom stereocenters. The highest BCUT2D eigenvalue weighted by Crippen LogP contribution is 2.31. The second kappa shape index (κ2) is 23.8. The predicted molar refractivity (Wildman–Crippen MR) is 194 cm³/mol. The number of aryl methyl sites for hydroxylation is 1. The van der Waals surface area contributed by atoms with Crippen molar-refractivity contribution in [1.82, 2.24) is 0 Å². The van der Waals surface area contributed by atoms with Crippen LogP contribution >= 0.6 is 11.3 Å². The first-order valence-electron chi connectivity index (χ1n) is 15.3. The van der Waals surface area contributed by atoms with Gasteiger partial charge in [0.1, 0.15) is 5.71 Å². The van der Waals surface area contributed by atoms with Crippen LogP contribution in [0.2, 0.25) is 0 Å². The van der Waals surface area contributed by atoms with Crippen molar-refractivity contribution in [2.75, 3.05) is 5.43 Å². The van der Waals surface area contributed by atoms with E-state index in [4.69, 9.17) is 5.10 Å². The Hall–Kier alpha value is -2.91. The summed E-state index contributed by atoms with van der Waals surface area (Å²) in [6.45, 7) is 38.4. The maximum atomic E-state index is 4.86. The fourth-order valence-corrected chi connectivity index (χ4v) is 3.79. The van der Waals surface area contributed by atoms with Crippen molar-refractivity contribution >= 4 is 22.7 Å². The molecule has 0 aliphatic carbocycles. The predicted octanol–water partition coefficient (Wildman–Crippen LogP) is 13.0. The van der Waals surface area contributed by atoms with Gasteiger partial charge in [-0.3, -0.25) is 5.43 Å². The van der Waals surface area contributed by atoms with Gasteiger partial charge < -0.3 is 0 Å². The van der Waals surface area contributed by atoms with E-state index < -0.39 is 0 Å². The number of allylic oxidation sites excluding steroid dienone is 2. The van der Waals surface area contributed by atoms with Crippen LogP contribution < -0.4 is 5.43 Å². The maximum absolute atomic E-state index is 4.86. The molecular weight excluding hydrogens is 516 g/mol. The zero-order chi connectivity index (χ0) is 32.6. The van der Waals surface area contributed by atoms with Crippen LogP contribution in [0.1, 0.15) is 124 Å². The molecule has 0 amide bonds. The summed E-state index contributed by atoms with van der Waals surface area (Å²) >= 11 is 1.72. The van der Waals surface area contributed by atoms with Gasteiger partial charge in [0.2, 0.25) is 0 Å². The molecule has 2 nitrogen and oxygen atoms in total. The molecule has 0 saturated heterocycles. The molecule has 0 bridgehead atoms. The summed E-state index contributed by atoms with van der Waals surface area (Å²) in [5, 5.41) is 6.97. The van der Waals surface area contributed by atoms with E-state index in [0.29, 0.717) is 0 Å². The molecule has 0 spiro atoms. The van der Waals surface area contributed by atoms with E-state index >= 15 is 0 Å². The quantitative estimate of drug-likeness (QED) is 0.182. The molecule has 0 unspecified atom stereocenters. The Balaban J connectivity index is -0.00000105. The van der Waals surface area contributed by atoms with Crippen LogP contribution in [0.4, 0.5) is 5.69 Å². The highest BCUT2D eigenvalue weighted by molar-refractivity contribution is 7.12. The fraction of sp³-hybridized carbons (Fsp3) is 0.447. The Morgan fingerprint density at radius 2 is 1.15 bits per heavy atom. The summed E-state index contributed by atoms with van der Waals surface area (Å²) in [5.74, 6) is 0. The molecule has 0 fully saturated rings. The number of rotatable bonds is 5. The van der Waals surface area contributed by atoms with Crippen LogP contribution in [0.15, 0.2) is 90.4 Å². The van der Waals surface area contributed by atoms with Crippen LogP contribution in [0, 0.1) is 6.92 Å². The number of nitrogens with one attached hydrogen (secondary N) is 1. The summed E-state index contributed by atoms with van der Waals surface area (Å²) in [7, 11) is 0. The monoisotopic (exact) mass is 578 g/mol. The number of hydrazone groups is 1. The zero-order valence-electron chi connectivity index (χ0n) is 29.2. The lowest BCUT2D eigenvalue weighted by Crippen LogP contribution is -2.18. The average molecular weight is 579 g/mol. The molecule has 0 aliphatic heterocycles. The van der Waals surface area contributed by atoms with Crippen LogP contribution in [-0.2, 0) is 10.8 Å². The van der Waals surface area contributed by atoms with Crippen LogP contribution in [0.3, 0.4) is 0 Å². The Morgan fingerprint density at radius 1 is 0.707 bits per heavy atom. The number of nitrogens with zero attached hydrogens (tertiary/aromatic N) is 1. The second-order valence-electron chi connectivity index (χ2n) is 10.2. The van der Waals surface area contributed by atoms with E-state index in [-0.39, 0.29) is 10.8 Å². The van der Waals surface area contributed by atoms with E-state index in [1.165, 1.54) is 16.7 Å². The molecule has 1 heterocycles. The third kappa shape index (κ3) is 16.8. The molecule has 0 radical (unpaired) electrons. The molecule has 2 aromatic carbocycles. The molecular formula is C38H62N2S. The number of anilines is 1. The Bertz CT molecular complexity index is 1040. The van der Waals surface area contributed by atoms with E-state index in [1.807, 2.05) is 55.4 Å².